The quantitative estimate of drug-likeness (QED) is 0.0945. The minimum Gasteiger partial charge on any atom is -0.261 e. The zero-order valence-electron chi connectivity index (χ0n) is 26.3. The first-order chi connectivity index (χ1) is 19.6. The van der Waals surface area contributed by atoms with Gasteiger partial charge in [0.2, 0.25) is 0 Å². The van der Waals surface area contributed by atoms with E-state index in [1.807, 2.05) is 12.4 Å². The van der Waals surface area contributed by atoms with Gasteiger partial charge < -0.3 is 0 Å². The molecule has 0 N–H and O–H groups in total. The molecule has 0 aliphatic heterocycles. The molecule has 1 fully saturated rings. The number of pyridine rings is 1. The van der Waals surface area contributed by atoms with Crippen molar-refractivity contribution in [1.82, 2.24) is 15.0 Å². The van der Waals surface area contributed by atoms with E-state index in [1.165, 1.54) is 134 Å². The lowest BCUT2D eigenvalue weighted by Gasteiger charge is -2.12. The average Bonchev–Trinajstić information content (AvgIpc) is 3.80. The summed E-state index contributed by atoms with van der Waals surface area (Å²) in [6.07, 6.45) is 33.8. The molecule has 3 nitrogen and oxygen atoms in total. The Morgan fingerprint density at radius 1 is 0.725 bits per heavy atom. The van der Waals surface area contributed by atoms with Crippen molar-refractivity contribution in [1.29, 1.82) is 0 Å². The van der Waals surface area contributed by atoms with Crippen molar-refractivity contribution in [2.75, 3.05) is 0 Å². The van der Waals surface area contributed by atoms with Crippen molar-refractivity contribution in [3.05, 3.63) is 36.3 Å². The van der Waals surface area contributed by atoms with E-state index >= 15 is 0 Å². The maximum absolute atomic E-state index is 4.92. The molecular formula is C36H59N3Si. The molecular weight excluding hydrogens is 503 g/mol. The van der Waals surface area contributed by atoms with E-state index < -0.39 is 0 Å². The minimum atomic E-state index is 0.730. The van der Waals surface area contributed by atoms with Gasteiger partial charge in [0.1, 0.15) is 15.2 Å². The third-order valence-corrected chi connectivity index (χ3v) is 10.3. The Kier molecular flexibility index (Phi) is 16.8. The van der Waals surface area contributed by atoms with E-state index in [0.717, 1.165) is 50.4 Å². The lowest BCUT2D eigenvalue weighted by atomic mass is 9.96. The largest absolute Gasteiger partial charge is 0.261 e. The lowest BCUT2D eigenvalue weighted by molar-refractivity contribution is 0.430. The van der Waals surface area contributed by atoms with Gasteiger partial charge in [0.05, 0.1) is 11.9 Å². The van der Waals surface area contributed by atoms with E-state index in [1.54, 1.807) is 0 Å². The van der Waals surface area contributed by atoms with Crippen molar-refractivity contribution in [2.45, 2.75) is 155 Å². The van der Waals surface area contributed by atoms with E-state index in [2.05, 4.69) is 44.1 Å². The minimum absolute atomic E-state index is 0.730. The second-order valence-corrected chi connectivity index (χ2v) is 14.3. The van der Waals surface area contributed by atoms with Gasteiger partial charge in [-0.3, -0.25) is 15.0 Å². The Balaban J connectivity index is 1.25. The highest BCUT2D eigenvalue weighted by atomic mass is 28.2. The normalized spacial score (nSPS) is 14.9. The van der Waals surface area contributed by atoms with Gasteiger partial charge in [-0.25, -0.2) is 0 Å². The van der Waals surface area contributed by atoms with Crippen LogP contribution in [0.1, 0.15) is 148 Å². The molecule has 2 radical (unpaired) electrons. The predicted molar refractivity (Wildman–Crippen MR) is 174 cm³/mol. The van der Waals surface area contributed by atoms with Gasteiger partial charge in [-0.2, -0.15) is 0 Å². The monoisotopic (exact) mass is 561 g/mol. The molecule has 0 amide bonds. The number of unbranched alkanes of at least 4 members (excludes halogenated alkanes) is 10. The standard InChI is InChI=1S/C36H59N3Si/c1-4-5-12-17-30(2)18-13-11-14-19-31(3)29-40-36-28-37-27-35(39-36)34-25-24-33(26-38-34)21-16-10-8-6-7-9-15-20-32-22-23-32/h24-28,30-32H,4-23,29H2,1-3H3. The van der Waals surface area contributed by atoms with Gasteiger partial charge in [0.25, 0.3) is 0 Å². The fourth-order valence-corrected chi connectivity index (χ4v) is 6.91. The number of aromatic nitrogens is 3. The predicted octanol–water partition coefficient (Wildman–Crippen LogP) is 10.2. The molecule has 2 aromatic rings. The maximum Gasteiger partial charge on any atom is 0.110 e. The molecule has 1 saturated carbocycles. The topological polar surface area (TPSA) is 38.7 Å². The van der Waals surface area contributed by atoms with Crippen LogP contribution in [0, 0.1) is 17.8 Å². The fraction of sp³-hybridized carbons (Fsp3) is 0.750. The zero-order chi connectivity index (χ0) is 28.3. The van der Waals surface area contributed by atoms with Crippen molar-refractivity contribution in [3.63, 3.8) is 0 Å². The average molecular weight is 562 g/mol. The molecule has 2 atom stereocenters. The summed E-state index contributed by atoms with van der Waals surface area (Å²) in [7, 11) is 0.730. The SMILES string of the molecule is CCCCCC(C)CCCCCC(C)C[Si]c1cncc(-c2ccc(CCCCCCCCCC3CC3)cn2)n1. The molecule has 222 valence electrons. The number of aryl methyl sites for hydroxylation is 1. The van der Waals surface area contributed by atoms with Crippen LogP contribution in [-0.4, -0.2) is 24.5 Å². The summed E-state index contributed by atoms with van der Waals surface area (Å²) in [6, 6.07) is 5.60. The molecule has 0 saturated heterocycles. The van der Waals surface area contributed by atoms with Crippen LogP contribution < -0.4 is 5.32 Å². The Morgan fingerprint density at radius 2 is 1.40 bits per heavy atom. The van der Waals surface area contributed by atoms with Crippen LogP contribution in [-0.2, 0) is 6.42 Å². The van der Waals surface area contributed by atoms with Crippen molar-refractivity contribution in [3.8, 4) is 11.4 Å². The molecule has 2 aromatic heterocycles. The van der Waals surface area contributed by atoms with E-state index in [0.29, 0.717) is 0 Å². The molecule has 1 aliphatic rings. The third-order valence-electron chi connectivity index (χ3n) is 8.82. The number of hydrogen-bond donors (Lipinski definition) is 0. The first kappa shape index (κ1) is 33.0. The Labute approximate surface area is 250 Å². The molecule has 40 heavy (non-hydrogen) atoms. The summed E-state index contributed by atoms with van der Waals surface area (Å²) < 4.78 is 0. The van der Waals surface area contributed by atoms with Crippen LogP contribution in [0.4, 0.5) is 0 Å². The van der Waals surface area contributed by atoms with Gasteiger partial charge in [-0.15, -0.1) is 0 Å². The van der Waals surface area contributed by atoms with Crippen LogP contribution in [0.25, 0.3) is 11.4 Å². The molecule has 4 heteroatoms. The molecule has 2 heterocycles. The van der Waals surface area contributed by atoms with Crippen molar-refractivity contribution < 1.29 is 0 Å². The summed E-state index contributed by atoms with van der Waals surface area (Å²) in [5, 5.41) is 1.13. The van der Waals surface area contributed by atoms with Gasteiger partial charge in [0, 0.05) is 17.7 Å². The second kappa shape index (κ2) is 20.3. The lowest BCUT2D eigenvalue weighted by Crippen LogP contribution is -2.21. The molecule has 2 unspecified atom stereocenters. The van der Waals surface area contributed by atoms with Crippen molar-refractivity contribution >= 4 is 14.8 Å². The van der Waals surface area contributed by atoms with E-state index in [-0.39, 0.29) is 0 Å². The molecule has 0 spiro atoms. The highest BCUT2D eigenvalue weighted by molar-refractivity contribution is 6.52. The van der Waals surface area contributed by atoms with Crippen LogP contribution in [0.2, 0.25) is 6.04 Å². The summed E-state index contributed by atoms with van der Waals surface area (Å²) in [5.41, 5.74) is 3.21. The molecule has 3 rings (SSSR count). The van der Waals surface area contributed by atoms with Crippen LogP contribution in [0.3, 0.4) is 0 Å². The Bertz CT molecular complexity index is 895. The maximum atomic E-state index is 4.92. The highest BCUT2D eigenvalue weighted by Gasteiger charge is 2.19. The van der Waals surface area contributed by atoms with Crippen LogP contribution >= 0.6 is 0 Å². The second-order valence-electron chi connectivity index (χ2n) is 13.0. The van der Waals surface area contributed by atoms with Gasteiger partial charge in [0.15, 0.2) is 0 Å². The van der Waals surface area contributed by atoms with Gasteiger partial charge in [-0.1, -0.05) is 148 Å². The first-order valence-electron chi connectivity index (χ1n) is 17.1. The number of nitrogens with zero attached hydrogens (tertiary/aromatic N) is 3. The summed E-state index contributed by atoms with van der Waals surface area (Å²) in [4.78, 5) is 14.2. The molecule has 1 aliphatic carbocycles. The Morgan fingerprint density at radius 3 is 2.10 bits per heavy atom. The summed E-state index contributed by atoms with van der Waals surface area (Å²) in [5.74, 6) is 2.77. The molecule has 0 bridgehead atoms. The number of rotatable bonds is 24. The summed E-state index contributed by atoms with van der Waals surface area (Å²) in [6.45, 7) is 7.15. The zero-order valence-corrected chi connectivity index (χ0v) is 27.3. The molecule has 0 aromatic carbocycles. The number of hydrogen-bond acceptors (Lipinski definition) is 3. The third kappa shape index (κ3) is 14.9. The van der Waals surface area contributed by atoms with E-state index in [9.17, 15) is 0 Å². The smallest absolute Gasteiger partial charge is 0.110 e. The van der Waals surface area contributed by atoms with E-state index in [4.69, 9.17) is 9.97 Å². The van der Waals surface area contributed by atoms with Gasteiger partial charge in [-0.05, 0) is 42.2 Å². The summed E-state index contributed by atoms with van der Waals surface area (Å²) >= 11 is 0. The highest BCUT2D eigenvalue weighted by Crippen LogP contribution is 2.34. The van der Waals surface area contributed by atoms with Crippen LogP contribution in [0.5, 0.6) is 0 Å². The van der Waals surface area contributed by atoms with Crippen LogP contribution in [0.15, 0.2) is 30.7 Å². The fourth-order valence-electron chi connectivity index (χ4n) is 5.78. The van der Waals surface area contributed by atoms with Gasteiger partial charge >= 0.3 is 0 Å². The Hall–Kier alpha value is -1.55. The van der Waals surface area contributed by atoms with Crippen molar-refractivity contribution in [2.24, 2.45) is 17.8 Å². The first-order valence-corrected chi connectivity index (χ1v) is 18.4.